The summed E-state index contributed by atoms with van der Waals surface area (Å²) in [5.41, 5.74) is 0.599. The molecule has 0 heterocycles. The lowest BCUT2D eigenvalue weighted by Gasteiger charge is -2.13. The Morgan fingerprint density at radius 1 is 0.955 bits per heavy atom. The van der Waals surface area contributed by atoms with Crippen molar-refractivity contribution in [3.8, 4) is 0 Å². The van der Waals surface area contributed by atoms with E-state index in [2.05, 4.69) is 0 Å². The Morgan fingerprint density at radius 2 is 1.68 bits per heavy atom. The number of hydrogen-bond donors (Lipinski definition) is 0. The molecule has 0 saturated heterocycles. The summed E-state index contributed by atoms with van der Waals surface area (Å²) in [6.07, 6.45) is -0.944. The van der Waals surface area contributed by atoms with Crippen LogP contribution in [0.15, 0.2) is 42.5 Å². The first-order valence-electron chi connectivity index (χ1n) is 6.34. The van der Waals surface area contributed by atoms with Gasteiger partial charge in [0.25, 0.3) is 0 Å². The highest BCUT2D eigenvalue weighted by atomic mass is 35.5. The molecule has 0 amide bonds. The number of carbonyl (C=O) groups is 2. The van der Waals surface area contributed by atoms with Gasteiger partial charge in [-0.15, -0.1) is 0 Å². The van der Waals surface area contributed by atoms with Crippen molar-refractivity contribution in [2.45, 2.75) is 13.0 Å². The van der Waals surface area contributed by atoms with Gasteiger partial charge in [0, 0.05) is 10.6 Å². The first kappa shape index (κ1) is 16.8. The number of carbonyl (C=O) groups excluding carboxylic acids is 2. The lowest BCUT2D eigenvalue weighted by molar-refractivity contribution is 0.0319. The van der Waals surface area contributed by atoms with Crippen molar-refractivity contribution >= 4 is 46.6 Å². The second kappa shape index (κ2) is 7.14. The minimum Gasteiger partial charge on any atom is -0.451 e. The molecule has 114 valence electrons. The van der Waals surface area contributed by atoms with Crippen LogP contribution in [0.1, 0.15) is 27.6 Å². The third-order valence-electron chi connectivity index (χ3n) is 2.92. The zero-order chi connectivity index (χ0) is 16.3. The van der Waals surface area contributed by atoms with Crippen LogP contribution < -0.4 is 0 Å². The van der Waals surface area contributed by atoms with Crippen LogP contribution in [0.2, 0.25) is 15.1 Å². The predicted molar refractivity (Wildman–Crippen MR) is 87.1 cm³/mol. The van der Waals surface area contributed by atoms with Gasteiger partial charge in [-0.05, 0) is 37.3 Å². The number of esters is 1. The van der Waals surface area contributed by atoms with Crippen LogP contribution in [-0.2, 0) is 4.74 Å². The van der Waals surface area contributed by atoms with Crippen LogP contribution in [0.4, 0.5) is 0 Å². The van der Waals surface area contributed by atoms with Crippen LogP contribution in [0.3, 0.4) is 0 Å². The highest BCUT2D eigenvalue weighted by Crippen LogP contribution is 2.23. The lowest BCUT2D eigenvalue weighted by atomic mass is 10.1. The fourth-order valence-corrected chi connectivity index (χ4v) is 2.27. The third-order valence-corrected chi connectivity index (χ3v) is 3.89. The third kappa shape index (κ3) is 4.01. The number of ketones is 1. The maximum atomic E-state index is 12.2. The van der Waals surface area contributed by atoms with Gasteiger partial charge in [0.2, 0.25) is 5.78 Å². The monoisotopic (exact) mass is 356 g/mol. The molecule has 0 bridgehead atoms. The Labute approximate surface area is 142 Å². The highest BCUT2D eigenvalue weighted by molar-refractivity contribution is 6.42. The number of halogens is 3. The molecule has 2 aromatic rings. The summed E-state index contributed by atoms with van der Waals surface area (Å²) in [6, 6.07) is 10.8. The maximum Gasteiger partial charge on any atom is 0.338 e. The smallest absolute Gasteiger partial charge is 0.338 e. The van der Waals surface area contributed by atoms with Crippen LogP contribution in [0, 0.1) is 0 Å². The fraction of sp³-hybridized carbons (Fsp3) is 0.125. The molecule has 6 heteroatoms. The van der Waals surface area contributed by atoms with E-state index in [0.29, 0.717) is 15.6 Å². The van der Waals surface area contributed by atoms with E-state index >= 15 is 0 Å². The molecule has 2 aromatic carbocycles. The number of benzene rings is 2. The minimum atomic E-state index is -0.944. The van der Waals surface area contributed by atoms with Crippen molar-refractivity contribution in [1.82, 2.24) is 0 Å². The number of Topliss-reactive ketones (excluding diaryl/α,β-unsaturated/α-hetero) is 1. The second-order valence-corrected chi connectivity index (χ2v) is 5.80. The van der Waals surface area contributed by atoms with Gasteiger partial charge < -0.3 is 4.74 Å². The summed E-state index contributed by atoms with van der Waals surface area (Å²) in [4.78, 5) is 24.2. The van der Waals surface area contributed by atoms with Gasteiger partial charge in [-0.25, -0.2) is 4.79 Å². The van der Waals surface area contributed by atoms with E-state index in [1.807, 2.05) is 0 Å². The molecule has 0 aromatic heterocycles. The van der Waals surface area contributed by atoms with Crippen LogP contribution in [0.25, 0.3) is 0 Å². The van der Waals surface area contributed by atoms with E-state index in [0.717, 1.165) is 0 Å². The number of hydrogen-bond acceptors (Lipinski definition) is 3. The SMILES string of the molecule is CC(OC(=O)c1ccc(Cl)c(Cl)c1)C(=O)c1cccc(Cl)c1. The van der Waals surface area contributed by atoms with Crippen molar-refractivity contribution < 1.29 is 14.3 Å². The van der Waals surface area contributed by atoms with Gasteiger partial charge >= 0.3 is 5.97 Å². The van der Waals surface area contributed by atoms with Gasteiger partial charge in [0.15, 0.2) is 6.10 Å². The van der Waals surface area contributed by atoms with Crippen molar-refractivity contribution in [3.63, 3.8) is 0 Å². The molecule has 22 heavy (non-hydrogen) atoms. The zero-order valence-corrected chi connectivity index (χ0v) is 13.7. The standard InChI is InChI=1S/C16H11Cl3O3/c1-9(15(20)10-3-2-4-12(17)7-10)22-16(21)11-5-6-13(18)14(19)8-11/h2-9H,1H3. The van der Waals surface area contributed by atoms with Gasteiger partial charge in [-0.2, -0.15) is 0 Å². The summed E-state index contributed by atoms with van der Waals surface area (Å²) in [5.74, 6) is -0.989. The van der Waals surface area contributed by atoms with Crippen molar-refractivity contribution in [2.24, 2.45) is 0 Å². The van der Waals surface area contributed by atoms with Crippen LogP contribution >= 0.6 is 34.8 Å². The van der Waals surface area contributed by atoms with E-state index in [9.17, 15) is 9.59 Å². The van der Waals surface area contributed by atoms with Gasteiger partial charge in [0.05, 0.1) is 15.6 Å². The van der Waals surface area contributed by atoms with Crippen molar-refractivity contribution in [3.05, 3.63) is 68.7 Å². The van der Waals surface area contributed by atoms with E-state index in [1.54, 1.807) is 18.2 Å². The molecule has 0 spiro atoms. The van der Waals surface area contributed by atoms with E-state index in [-0.39, 0.29) is 16.4 Å². The molecular weight excluding hydrogens is 347 g/mol. The Morgan fingerprint density at radius 3 is 2.32 bits per heavy atom. The second-order valence-electron chi connectivity index (χ2n) is 4.55. The van der Waals surface area contributed by atoms with E-state index in [4.69, 9.17) is 39.5 Å². The summed E-state index contributed by atoms with van der Waals surface area (Å²) in [5, 5.41) is 1.01. The summed E-state index contributed by atoms with van der Waals surface area (Å²) < 4.78 is 5.15. The first-order valence-corrected chi connectivity index (χ1v) is 7.47. The average molecular weight is 358 g/mol. The Kier molecular flexibility index (Phi) is 5.46. The molecule has 0 fully saturated rings. The van der Waals surface area contributed by atoms with Crippen molar-refractivity contribution in [2.75, 3.05) is 0 Å². The van der Waals surface area contributed by atoms with Gasteiger partial charge in [-0.3, -0.25) is 4.79 Å². The molecule has 0 N–H and O–H groups in total. The van der Waals surface area contributed by atoms with E-state index in [1.165, 1.54) is 31.2 Å². The normalized spacial score (nSPS) is 11.8. The average Bonchev–Trinajstić information content (AvgIpc) is 2.49. The maximum absolute atomic E-state index is 12.2. The Bertz CT molecular complexity index is 728. The summed E-state index contributed by atoms with van der Waals surface area (Å²) in [6.45, 7) is 1.50. The molecule has 2 rings (SSSR count). The highest BCUT2D eigenvalue weighted by Gasteiger charge is 2.21. The lowest BCUT2D eigenvalue weighted by Crippen LogP contribution is -2.24. The van der Waals surface area contributed by atoms with Crippen LogP contribution in [-0.4, -0.2) is 17.9 Å². The van der Waals surface area contributed by atoms with Gasteiger partial charge in [-0.1, -0.05) is 46.9 Å². The van der Waals surface area contributed by atoms with Crippen LogP contribution in [0.5, 0.6) is 0 Å². The number of ether oxygens (including phenoxy) is 1. The Hall–Kier alpha value is -1.55. The van der Waals surface area contributed by atoms with Gasteiger partial charge in [0.1, 0.15) is 0 Å². The largest absolute Gasteiger partial charge is 0.451 e. The zero-order valence-electron chi connectivity index (χ0n) is 11.5. The molecule has 0 saturated carbocycles. The summed E-state index contributed by atoms with van der Waals surface area (Å²) >= 11 is 17.5. The molecular formula is C16H11Cl3O3. The first-order chi connectivity index (χ1) is 10.4. The molecule has 3 nitrogen and oxygen atoms in total. The molecule has 0 aliphatic carbocycles. The predicted octanol–water partition coefficient (Wildman–Crippen LogP) is 5.08. The number of rotatable bonds is 4. The van der Waals surface area contributed by atoms with E-state index < -0.39 is 12.1 Å². The fourth-order valence-electron chi connectivity index (χ4n) is 1.78. The molecule has 1 unspecified atom stereocenters. The summed E-state index contributed by atoms with van der Waals surface area (Å²) in [7, 11) is 0. The molecule has 0 aliphatic heterocycles. The van der Waals surface area contributed by atoms with Crippen molar-refractivity contribution in [1.29, 1.82) is 0 Å². The topological polar surface area (TPSA) is 43.4 Å². The Balaban J connectivity index is 2.10. The molecule has 0 radical (unpaired) electrons. The molecule has 1 atom stereocenters. The quantitative estimate of drug-likeness (QED) is 0.566. The molecule has 0 aliphatic rings. The minimum absolute atomic E-state index is 0.222.